The lowest BCUT2D eigenvalue weighted by Crippen LogP contribution is -2.12. The van der Waals surface area contributed by atoms with Crippen molar-refractivity contribution in [2.45, 2.75) is 26.9 Å². The van der Waals surface area contributed by atoms with E-state index in [1.807, 2.05) is 57.2 Å². The minimum Gasteiger partial charge on any atom is -0.494 e. The molecule has 0 bridgehead atoms. The van der Waals surface area contributed by atoms with Crippen molar-refractivity contribution in [2.75, 3.05) is 17.2 Å². The third-order valence-corrected chi connectivity index (χ3v) is 10.0. The Morgan fingerprint density at radius 2 is 1.02 bits per heavy atom. The van der Waals surface area contributed by atoms with Gasteiger partial charge in [0.1, 0.15) is 23.1 Å². The van der Waals surface area contributed by atoms with Crippen LogP contribution in [0.1, 0.15) is 41.5 Å². The molecule has 0 atom stereocenters. The molecule has 0 saturated heterocycles. The Morgan fingerprint density at radius 1 is 0.593 bits per heavy atom. The molecular formula is C45H36Cl4N6O4. The van der Waals surface area contributed by atoms with E-state index in [0.29, 0.717) is 106 Å². The summed E-state index contributed by atoms with van der Waals surface area (Å²) in [6.07, 6.45) is 0.0551. The molecule has 0 fully saturated rings. The van der Waals surface area contributed by atoms with Gasteiger partial charge < -0.3 is 30.1 Å². The fourth-order valence-electron chi connectivity index (χ4n) is 6.14. The Morgan fingerprint density at radius 3 is 1.46 bits per heavy atom. The summed E-state index contributed by atoms with van der Waals surface area (Å²) >= 11 is 25.1. The number of anilines is 2. The summed E-state index contributed by atoms with van der Waals surface area (Å²) in [6.45, 7) is 6.38. The molecule has 0 unspecified atom stereocenters. The first kappa shape index (κ1) is 41.1. The Balaban J connectivity index is 0.000000179. The van der Waals surface area contributed by atoms with Crippen LogP contribution in [0.4, 0.5) is 11.4 Å². The average molecular weight is 867 g/mol. The molecule has 0 radical (unpaired) electrons. The summed E-state index contributed by atoms with van der Waals surface area (Å²) in [5, 5.41) is 7.79. The number of nitrogens with one attached hydrogen (secondary N) is 4. The number of amides is 2. The number of aromatic amines is 2. The average Bonchev–Trinajstić information content (AvgIpc) is 3.82. The topological polar surface area (TPSA) is 134 Å². The molecule has 0 spiro atoms. The molecule has 8 rings (SSSR count). The molecular weight excluding hydrogens is 830 g/mol. The molecule has 0 aliphatic rings. The predicted molar refractivity (Wildman–Crippen MR) is 239 cm³/mol. The normalized spacial score (nSPS) is 11.0. The molecule has 298 valence electrons. The second-order valence-corrected chi connectivity index (χ2v) is 15.0. The number of imidazole rings is 2. The standard InChI is InChI=1S/C23H19Cl2N3O2.C22H17Cl2N3O2/c1-13(2)30-16-6-3-5-15(12-16)26-23(29)14-9-10-19-20(11-14)28-22(27-19)21-17(24)7-4-8-18(21)25;1-2-29-15-6-3-5-14(12-15)25-22(28)13-9-10-18-19(11-13)27-21(26-18)20-16(23)7-4-8-17(20)24/h3-13H,1-2H3,(H,26,29)(H,27,28);3-12H,2H2,1H3,(H,25,28)(H,26,27). The van der Waals surface area contributed by atoms with Gasteiger partial charge in [0.15, 0.2) is 0 Å². The van der Waals surface area contributed by atoms with E-state index in [4.69, 9.17) is 55.9 Å². The number of aromatic nitrogens is 4. The SMILES string of the molecule is CC(C)Oc1cccc(NC(=O)c2ccc3nc(-c4c(Cl)cccc4Cl)[nH]c3c2)c1.CCOc1cccc(NC(=O)c2ccc3nc(-c4c(Cl)cccc4Cl)[nH]c3c2)c1. The van der Waals surface area contributed by atoms with Crippen LogP contribution in [0, 0.1) is 0 Å². The summed E-state index contributed by atoms with van der Waals surface area (Å²) in [5.74, 6) is 2.05. The van der Waals surface area contributed by atoms with E-state index in [-0.39, 0.29) is 17.9 Å². The van der Waals surface area contributed by atoms with Crippen molar-refractivity contribution in [3.05, 3.63) is 153 Å². The first-order valence-corrected chi connectivity index (χ1v) is 20.0. The zero-order valence-electron chi connectivity index (χ0n) is 31.9. The number of carbonyl (C=O) groups excluding carboxylic acids is 2. The maximum atomic E-state index is 12.7. The van der Waals surface area contributed by atoms with Gasteiger partial charge in [-0.05, 0) is 106 Å². The molecule has 10 nitrogen and oxygen atoms in total. The molecule has 2 amide bonds. The van der Waals surface area contributed by atoms with Gasteiger partial charge in [-0.1, -0.05) is 70.7 Å². The molecule has 4 N–H and O–H groups in total. The van der Waals surface area contributed by atoms with Crippen molar-refractivity contribution in [1.29, 1.82) is 0 Å². The third-order valence-electron chi connectivity index (χ3n) is 8.75. The maximum absolute atomic E-state index is 12.7. The zero-order valence-corrected chi connectivity index (χ0v) is 34.9. The van der Waals surface area contributed by atoms with Gasteiger partial charge in [0.2, 0.25) is 0 Å². The highest BCUT2D eigenvalue weighted by molar-refractivity contribution is 6.39. The number of halogens is 4. The largest absolute Gasteiger partial charge is 0.494 e. The van der Waals surface area contributed by atoms with Crippen molar-refractivity contribution >= 4 is 91.7 Å². The maximum Gasteiger partial charge on any atom is 0.255 e. The molecule has 2 heterocycles. The molecule has 0 saturated carbocycles. The number of hydrogen-bond acceptors (Lipinski definition) is 6. The number of H-pyrrole nitrogens is 2. The summed E-state index contributed by atoms with van der Waals surface area (Å²) in [5.41, 5.74) is 6.43. The smallest absolute Gasteiger partial charge is 0.255 e. The second-order valence-electron chi connectivity index (χ2n) is 13.4. The minimum absolute atomic E-state index is 0.0551. The van der Waals surface area contributed by atoms with Crippen LogP contribution in [0.25, 0.3) is 44.8 Å². The Labute approximate surface area is 359 Å². The molecule has 2 aromatic heterocycles. The highest BCUT2D eigenvalue weighted by Crippen LogP contribution is 2.35. The van der Waals surface area contributed by atoms with E-state index in [1.54, 1.807) is 84.9 Å². The van der Waals surface area contributed by atoms with Crippen LogP contribution >= 0.6 is 46.4 Å². The van der Waals surface area contributed by atoms with Crippen LogP contribution in [0.15, 0.2) is 121 Å². The van der Waals surface area contributed by atoms with Gasteiger partial charge in [-0.25, -0.2) is 9.97 Å². The monoisotopic (exact) mass is 864 g/mol. The summed E-state index contributed by atoms with van der Waals surface area (Å²) in [6, 6.07) is 35.7. The second kappa shape index (κ2) is 18.3. The van der Waals surface area contributed by atoms with Crippen molar-refractivity contribution in [3.8, 4) is 34.3 Å². The quantitative estimate of drug-likeness (QED) is 0.108. The zero-order chi connectivity index (χ0) is 41.6. The molecule has 59 heavy (non-hydrogen) atoms. The molecule has 0 aliphatic heterocycles. The number of fused-ring (bicyclic) bond motifs is 2. The number of ether oxygens (including phenoxy) is 2. The van der Waals surface area contributed by atoms with Gasteiger partial charge in [0.25, 0.3) is 11.8 Å². The Hall–Kier alpha value is -6.04. The van der Waals surface area contributed by atoms with E-state index in [1.165, 1.54) is 0 Å². The fraction of sp³-hybridized carbons (Fsp3) is 0.111. The third kappa shape index (κ3) is 9.81. The van der Waals surface area contributed by atoms with Crippen LogP contribution in [0.5, 0.6) is 11.5 Å². The van der Waals surface area contributed by atoms with Crippen LogP contribution < -0.4 is 20.1 Å². The highest BCUT2D eigenvalue weighted by Gasteiger charge is 2.17. The van der Waals surface area contributed by atoms with E-state index in [2.05, 4.69) is 30.6 Å². The lowest BCUT2D eigenvalue weighted by Gasteiger charge is -2.11. The van der Waals surface area contributed by atoms with Crippen LogP contribution in [0.3, 0.4) is 0 Å². The van der Waals surface area contributed by atoms with Crippen LogP contribution in [-0.2, 0) is 0 Å². The first-order chi connectivity index (χ1) is 28.4. The minimum atomic E-state index is -0.231. The summed E-state index contributed by atoms with van der Waals surface area (Å²) in [7, 11) is 0. The van der Waals surface area contributed by atoms with Gasteiger partial charge in [-0.15, -0.1) is 0 Å². The van der Waals surface area contributed by atoms with E-state index in [9.17, 15) is 9.59 Å². The number of nitrogens with zero attached hydrogens (tertiary/aromatic N) is 2. The first-order valence-electron chi connectivity index (χ1n) is 18.5. The van der Waals surface area contributed by atoms with Crippen molar-refractivity contribution < 1.29 is 19.1 Å². The van der Waals surface area contributed by atoms with Crippen molar-refractivity contribution in [1.82, 2.24) is 19.9 Å². The fourth-order valence-corrected chi connectivity index (χ4v) is 7.30. The number of carbonyl (C=O) groups is 2. The van der Waals surface area contributed by atoms with Gasteiger partial charge in [0.05, 0.1) is 66.0 Å². The number of hydrogen-bond donors (Lipinski definition) is 4. The summed E-state index contributed by atoms with van der Waals surface area (Å²) in [4.78, 5) is 40.9. The highest BCUT2D eigenvalue weighted by atomic mass is 35.5. The van der Waals surface area contributed by atoms with Gasteiger partial charge in [0, 0.05) is 34.6 Å². The number of rotatable bonds is 10. The lowest BCUT2D eigenvalue weighted by atomic mass is 10.2. The predicted octanol–water partition coefficient (Wildman–Crippen LogP) is 12.8. The Kier molecular flexibility index (Phi) is 12.7. The van der Waals surface area contributed by atoms with E-state index >= 15 is 0 Å². The molecule has 14 heteroatoms. The molecule has 8 aromatic rings. The van der Waals surface area contributed by atoms with Crippen LogP contribution in [-0.4, -0.2) is 44.5 Å². The summed E-state index contributed by atoms with van der Waals surface area (Å²) < 4.78 is 11.1. The van der Waals surface area contributed by atoms with E-state index < -0.39 is 0 Å². The van der Waals surface area contributed by atoms with Gasteiger partial charge >= 0.3 is 0 Å². The number of benzene rings is 6. The van der Waals surface area contributed by atoms with Gasteiger partial charge in [-0.3, -0.25) is 9.59 Å². The Bertz CT molecular complexity index is 2780. The molecule has 6 aromatic carbocycles. The van der Waals surface area contributed by atoms with Crippen molar-refractivity contribution in [2.24, 2.45) is 0 Å². The molecule has 0 aliphatic carbocycles. The van der Waals surface area contributed by atoms with Crippen molar-refractivity contribution in [3.63, 3.8) is 0 Å². The van der Waals surface area contributed by atoms with Crippen LogP contribution in [0.2, 0.25) is 20.1 Å². The lowest BCUT2D eigenvalue weighted by molar-refractivity contribution is 0.101. The van der Waals surface area contributed by atoms with E-state index in [0.717, 1.165) is 0 Å². The van der Waals surface area contributed by atoms with Gasteiger partial charge in [-0.2, -0.15) is 0 Å².